The summed E-state index contributed by atoms with van der Waals surface area (Å²) in [4.78, 5) is 14.5. The van der Waals surface area contributed by atoms with Crippen molar-refractivity contribution in [2.75, 3.05) is 0 Å². The number of thiophene rings is 1. The summed E-state index contributed by atoms with van der Waals surface area (Å²) in [5, 5.41) is 9.56. The van der Waals surface area contributed by atoms with Gasteiger partial charge in [-0.25, -0.2) is 10.1 Å². The van der Waals surface area contributed by atoms with Gasteiger partial charge in [-0.15, -0.1) is 11.3 Å². The van der Waals surface area contributed by atoms with E-state index in [0.717, 1.165) is 18.5 Å². The van der Waals surface area contributed by atoms with E-state index in [0.29, 0.717) is 32.2 Å². The Morgan fingerprint density at radius 2 is 2.21 bits per heavy atom. The maximum absolute atomic E-state index is 12.5. The van der Waals surface area contributed by atoms with E-state index in [1.54, 1.807) is 28.2 Å². The van der Waals surface area contributed by atoms with Crippen molar-refractivity contribution in [3.8, 4) is 5.69 Å². The summed E-state index contributed by atoms with van der Waals surface area (Å²) in [6.07, 6.45) is 4.80. The first kappa shape index (κ1) is 20.1. The summed E-state index contributed by atoms with van der Waals surface area (Å²) >= 11 is 14.1. The number of aromatic nitrogens is 2. The quantitative estimate of drug-likeness (QED) is 0.428. The number of benzene rings is 1. The number of hydrogen-bond donors (Lipinski definition) is 1. The van der Waals surface area contributed by atoms with Gasteiger partial charge in [-0.1, -0.05) is 36.2 Å². The van der Waals surface area contributed by atoms with E-state index in [-0.39, 0.29) is 5.91 Å². The lowest BCUT2D eigenvalue weighted by atomic mass is 9.90. The summed E-state index contributed by atoms with van der Waals surface area (Å²) in [6.45, 7) is 4.09. The van der Waals surface area contributed by atoms with Gasteiger partial charge in [0.2, 0.25) is 0 Å². The number of amides is 1. The van der Waals surface area contributed by atoms with E-state index in [1.165, 1.54) is 23.1 Å². The summed E-state index contributed by atoms with van der Waals surface area (Å²) in [5.74, 6) is 0.469. The van der Waals surface area contributed by atoms with E-state index in [4.69, 9.17) is 23.2 Å². The van der Waals surface area contributed by atoms with Crippen LogP contribution in [0.4, 0.5) is 0 Å². The molecule has 0 radical (unpaired) electrons. The van der Waals surface area contributed by atoms with Gasteiger partial charge in [0, 0.05) is 9.90 Å². The topological polar surface area (TPSA) is 59.3 Å². The molecule has 5 nitrogen and oxygen atoms in total. The summed E-state index contributed by atoms with van der Waals surface area (Å²) in [6, 6.07) is 9.26. The SMILES string of the molecule is Cc1nn(-c2cccc(Cl)c2)c(Cl)c1/C=N/NC(=O)c1cc2c(s1)CCC(C)C2. The molecular formula is C21H20Cl2N4OS. The standard InChI is InChI=1S/C21H20Cl2N4OS/c1-12-6-7-18-14(8-12)9-19(29-18)21(28)25-24-11-17-13(2)26-27(20(17)23)16-5-3-4-15(22)10-16/h3-5,9-12H,6-8H2,1-2H3,(H,25,28)/b24-11+. The molecule has 0 fully saturated rings. The fraction of sp³-hybridized carbons (Fsp3) is 0.286. The number of carbonyl (C=O) groups excluding carboxylic acids is 1. The lowest BCUT2D eigenvalue weighted by Gasteiger charge is -2.16. The Kier molecular flexibility index (Phi) is 5.76. The molecule has 1 atom stereocenters. The van der Waals surface area contributed by atoms with Gasteiger partial charge in [0.1, 0.15) is 5.15 Å². The number of hydrogen-bond acceptors (Lipinski definition) is 4. The number of halogens is 2. The van der Waals surface area contributed by atoms with Crippen LogP contribution in [0, 0.1) is 12.8 Å². The Morgan fingerprint density at radius 1 is 1.38 bits per heavy atom. The molecule has 150 valence electrons. The largest absolute Gasteiger partial charge is 0.281 e. The molecule has 4 rings (SSSR count). The third kappa shape index (κ3) is 4.25. The van der Waals surface area contributed by atoms with Crippen LogP contribution in [0.1, 0.15) is 44.7 Å². The average molecular weight is 447 g/mol. The predicted molar refractivity (Wildman–Crippen MR) is 119 cm³/mol. The van der Waals surface area contributed by atoms with Crippen molar-refractivity contribution in [1.82, 2.24) is 15.2 Å². The summed E-state index contributed by atoms with van der Waals surface area (Å²) < 4.78 is 1.60. The molecule has 1 unspecified atom stereocenters. The zero-order valence-corrected chi connectivity index (χ0v) is 18.4. The lowest BCUT2D eigenvalue weighted by molar-refractivity contribution is 0.0959. The van der Waals surface area contributed by atoms with E-state index >= 15 is 0 Å². The Labute approximate surface area is 183 Å². The number of rotatable bonds is 4. The van der Waals surface area contributed by atoms with Crippen LogP contribution in [0.15, 0.2) is 35.4 Å². The lowest BCUT2D eigenvalue weighted by Crippen LogP contribution is -2.16. The van der Waals surface area contributed by atoms with Gasteiger partial charge in [0.05, 0.1) is 28.0 Å². The number of hydrazone groups is 1. The van der Waals surface area contributed by atoms with E-state index in [1.807, 2.05) is 25.1 Å². The summed E-state index contributed by atoms with van der Waals surface area (Å²) in [7, 11) is 0. The van der Waals surface area contributed by atoms with Gasteiger partial charge < -0.3 is 0 Å². The number of aryl methyl sites for hydroxylation is 2. The highest BCUT2D eigenvalue weighted by Gasteiger charge is 2.20. The van der Waals surface area contributed by atoms with Gasteiger partial charge in [-0.05, 0) is 61.9 Å². The monoisotopic (exact) mass is 446 g/mol. The highest BCUT2D eigenvalue weighted by atomic mass is 35.5. The molecule has 3 aromatic rings. The number of nitrogens with zero attached hydrogens (tertiary/aromatic N) is 3. The Morgan fingerprint density at radius 3 is 3.00 bits per heavy atom. The number of nitrogens with one attached hydrogen (secondary N) is 1. The van der Waals surface area contributed by atoms with Crippen LogP contribution in [0.2, 0.25) is 10.2 Å². The molecule has 1 aliphatic rings. The van der Waals surface area contributed by atoms with Gasteiger partial charge >= 0.3 is 0 Å². The van der Waals surface area contributed by atoms with Crippen LogP contribution in [0.25, 0.3) is 5.69 Å². The number of carbonyl (C=O) groups is 1. The third-order valence-electron chi connectivity index (χ3n) is 5.01. The third-order valence-corrected chi connectivity index (χ3v) is 6.85. The second-order valence-corrected chi connectivity index (χ2v) is 9.22. The van der Waals surface area contributed by atoms with Crippen molar-refractivity contribution in [3.63, 3.8) is 0 Å². The Bertz CT molecular complexity index is 1100. The molecular weight excluding hydrogens is 427 g/mol. The molecule has 1 amide bonds. The van der Waals surface area contributed by atoms with Crippen molar-refractivity contribution < 1.29 is 4.79 Å². The normalized spacial score (nSPS) is 16.2. The van der Waals surface area contributed by atoms with Gasteiger partial charge in [-0.3, -0.25) is 4.79 Å². The van der Waals surface area contributed by atoms with E-state index < -0.39 is 0 Å². The molecule has 2 heterocycles. The molecule has 1 aromatic carbocycles. The zero-order valence-electron chi connectivity index (χ0n) is 16.1. The smallest absolute Gasteiger partial charge is 0.266 e. The molecule has 1 aliphatic carbocycles. The molecule has 0 saturated carbocycles. The van der Waals surface area contributed by atoms with Crippen LogP contribution < -0.4 is 5.43 Å². The highest BCUT2D eigenvalue weighted by Crippen LogP contribution is 2.32. The van der Waals surface area contributed by atoms with Crippen LogP contribution in [-0.2, 0) is 12.8 Å². The van der Waals surface area contributed by atoms with Crippen molar-refractivity contribution in [2.24, 2.45) is 11.0 Å². The van der Waals surface area contributed by atoms with Crippen molar-refractivity contribution in [2.45, 2.75) is 33.1 Å². The molecule has 8 heteroatoms. The molecule has 0 aliphatic heterocycles. The van der Waals surface area contributed by atoms with Crippen LogP contribution in [-0.4, -0.2) is 21.9 Å². The molecule has 29 heavy (non-hydrogen) atoms. The second kappa shape index (κ2) is 8.30. The Hall–Kier alpha value is -2.15. The van der Waals surface area contributed by atoms with Gasteiger partial charge in [-0.2, -0.15) is 10.2 Å². The van der Waals surface area contributed by atoms with Crippen molar-refractivity contribution in [3.05, 3.63) is 67.1 Å². The summed E-state index contributed by atoms with van der Waals surface area (Å²) in [5.41, 5.74) is 6.00. The zero-order chi connectivity index (χ0) is 20.5. The maximum Gasteiger partial charge on any atom is 0.281 e. The molecule has 1 N–H and O–H groups in total. The predicted octanol–water partition coefficient (Wildman–Crippen LogP) is 5.44. The van der Waals surface area contributed by atoms with Crippen LogP contribution >= 0.6 is 34.5 Å². The van der Waals surface area contributed by atoms with Gasteiger partial charge in [0.15, 0.2) is 0 Å². The van der Waals surface area contributed by atoms with E-state index in [2.05, 4.69) is 22.5 Å². The molecule has 0 saturated heterocycles. The molecule has 0 bridgehead atoms. The maximum atomic E-state index is 12.5. The van der Waals surface area contributed by atoms with Crippen LogP contribution in [0.3, 0.4) is 0 Å². The van der Waals surface area contributed by atoms with Gasteiger partial charge in [0.25, 0.3) is 5.91 Å². The molecule has 0 spiro atoms. The molecule has 2 aromatic heterocycles. The fourth-order valence-corrected chi connectivity index (χ4v) is 5.07. The minimum atomic E-state index is -0.204. The highest BCUT2D eigenvalue weighted by molar-refractivity contribution is 7.14. The Balaban J connectivity index is 1.49. The van der Waals surface area contributed by atoms with Crippen molar-refractivity contribution in [1.29, 1.82) is 0 Å². The number of fused-ring (bicyclic) bond motifs is 1. The first-order valence-electron chi connectivity index (χ1n) is 9.38. The minimum Gasteiger partial charge on any atom is -0.266 e. The van der Waals surface area contributed by atoms with Crippen LogP contribution in [0.5, 0.6) is 0 Å². The first-order chi connectivity index (χ1) is 13.9. The first-order valence-corrected chi connectivity index (χ1v) is 11.0. The second-order valence-electron chi connectivity index (χ2n) is 7.29. The van der Waals surface area contributed by atoms with E-state index in [9.17, 15) is 4.79 Å². The average Bonchev–Trinajstić information content (AvgIpc) is 3.23. The minimum absolute atomic E-state index is 0.204. The fourth-order valence-electron chi connectivity index (χ4n) is 3.47. The van der Waals surface area contributed by atoms with Crippen molar-refractivity contribution >= 4 is 46.7 Å².